The van der Waals surface area contributed by atoms with Crippen LogP contribution >= 0.6 is 0 Å². The second kappa shape index (κ2) is 7.88. The minimum Gasteiger partial charge on any atom is -0.493 e. The van der Waals surface area contributed by atoms with Gasteiger partial charge in [0.1, 0.15) is 6.07 Å². The van der Waals surface area contributed by atoms with Gasteiger partial charge in [-0.05, 0) is 42.0 Å². The molecule has 2 aromatic rings. The average Bonchev–Trinajstić information content (AvgIpc) is 2.60. The lowest BCUT2D eigenvalue weighted by Gasteiger charge is -2.08. The molecule has 0 aliphatic carbocycles. The summed E-state index contributed by atoms with van der Waals surface area (Å²) < 4.78 is 36.4. The van der Waals surface area contributed by atoms with E-state index in [4.69, 9.17) is 14.7 Å². The van der Waals surface area contributed by atoms with E-state index in [1.807, 2.05) is 6.07 Å². The highest BCUT2D eigenvalue weighted by Gasteiger charge is 2.08. The van der Waals surface area contributed by atoms with E-state index in [1.165, 1.54) is 25.3 Å². The van der Waals surface area contributed by atoms with E-state index in [2.05, 4.69) is 0 Å². The number of hydrogen-bond donors (Lipinski definition) is 0. The van der Waals surface area contributed by atoms with Gasteiger partial charge in [-0.25, -0.2) is 8.78 Å². The standard InChI is InChI=1S/C18H13F2NO3/c1-23-18-10-12(3-7-17(18)24-9-8-21)2-6-16(22)13-4-5-14(19)15(20)11-13/h2-7,10-11H,9H2,1H3/b6-2+. The fraction of sp³-hybridized carbons (Fsp3) is 0.111. The molecule has 2 rings (SSSR count). The van der Waals surface area contributed by atoms with Crippen LogP contribution in [0.5, 0.6) is 11.5 Å². The molecule has 6 heteroatoms. The van der Waals surface area contributed by atoms with Crippen molar-refractivity contribution in [1.82, 2.24) is 0 Å². The maximum absolute atomic E-state index is 13.1. The zero-order valence-corrected chi connectivity index (χ0v) is 12.8. The number of methoxy groups -OCH3 is 1. The first-order chi connectivity index (χ1) is 11.5. The van der Waals surface area contributed by atoms with Gasteiger partial charge >= 0.3 is 0 Å². The maximum Gasteiger partial charge on any atom is 0.185 e. The number of halogens is 2. The van der Waals surface area contributed by atoms with Gasteiger partial charge in [0, 0.05) is 5.56 Å². The molecule has 0 unspecified atom stereocenters. The summed E-state index contributed by atoms with van der Waals surface area (Å²) in [5.41, 5.74) is 0.693. The Hall–Kier alpha value is -3.20. The first-order valence-electron chi connectivity index (χ1n) is 6.90. The molecule has 0 atom stereocenters. The topological polar surface area (TPSA) is 59.3 Å². The van der Waals surface area contributed by atoms with Crippen LogP contribution in [0.25, 0.3) is 6.08 Å². The highest BCUT2D eigenvalue weighted by atomic mass is 19.2. The summed E-state index contributed by atoms with van der Waals surface area (Å²) in [6.07, 6.45) is 2.76. The van der Waals surface area contributed by atoms with Crippen LogP contribution in [0.2, 0.25) is 0 Å². The van der Waals surface area contributed by atoms with Crippen molar-refractivity contribution in [3.63, 3.8) is 0 Å². The summed E-state index contributed by atoms with van der Waals surface area (Å²) in [5.74, 6) is -1.73. The number of ether oxygens (including phenoxy) is 2. The van der Waals surface area contributed by atoms with Gasteiger partial charge in [0.2, 0.25) is 0 Å². The molecule has 24 heavy (non-hydrogen) atoms. The number of carbonyl (C=O) groups is 1. The molecular weight excluding hydrogens is 316 g/mol. The van der Waals surface area contributed by atoms with Crippen LogP contribution in [0.1, 0.15) is 15.9 Å². The van der Waals surface area contributed by atoms with Crippen molar-refractivity contribution in [2.75, 3.05) is 13.7 Å². The molecule has 0 fully saturated rings. The second-order valence-corrected chi connectivity index (χ2v) is 4.68. The van der Waals surface area contributed by atoms with Crippen molar-refractivity contribution in [3.05, 3.63) is 65.2 Å². The number of nitriles is 1. The van der Waals surface area contributed by atoms with Gasteiger partial charge < -0.3 is 9.47 Å². The number of hydrogen-bond acceptors (Lipinski definition) is 4. The van der Waals surface area contributed by atoms with Crippen molar-refractivity contribution in [2.45, 2.75) is 0 Å². The third kappa shape index (κ3) is 4.17. The Labute approximate surface area is 137 Å². The fourth-order valence-corrected chi connectivity index (χ4v) is 1.93. The predicted octanol–water partition coefficient (Wildman–Crippen LogP) is 3.77. The van der Waals surface area contributed by atoms with Crippen molar-refractivity contribution < 1.29 is 23.0 Å². The predicted molar refractivity (Wildman–Crippen MR) is 83.8 cm³/mol. The Morgan fingerprint density at radius 3 is 2.62 bits per heavy atom. The van der Waals surface area contributed by atoms with E-state index in [0.717, 1.165) is 12.1 Å². The number of nitrogens with zero attached hydrogens (tertiary/aromatic N) is 1. The largest absolute Gasteiger partial charge is 0.493 e. The molecule has 0 amide bonds. The van der Waals surface area contributed by atoms with Crippen LogP contribution in [-0.2, 0) is 0 Å². The first kappa shape index (κ1) is 17.2. The third-order valence-electron chi connectivity index (χ3n) is 3.11. The number of carbonyl (C=O) groups excluding carboxylic acids is 1. The quantitative estimate of drug-likeness (QED) is 0.598. The molecule has 0 bridgehead atoms. The highest BCUT2D eigenvalue weighted by Crippen LogP contribution is 2.28. The normalized spacial score (nSPS) is 10.4. The van der Waals surface area contributed by atoms with E-state index >= 15 is 0 Å². The first-order valence-corrected chi connectivity index (χ1v) is 6.90. The zero-order valence-electron chi connectivity index (χ0n) is 12.8. The van der Waals surface area contributed by atoms with E-state index in [-0.39, 0.29) is 12.2 Å². The Kier molecular flexibility index (Phi) is 5.63. The molecule has 0 spiro atoms. The summed E-state index contributed by atoms with van der Waals surface area (Å²) >= 11 is 0. The highest BCUT2D eigenvalue weighted by molar-refractivity contribution is 6.06. The van der Waals surface area contributed by atoms with E-state index < -0.39 is 17.4 Å². The summed E-state index contributed by atoms with van der Waals surface area (Å²) in [6.45, 7) is -0.111. The maximum atomic E-state index is 13.1. The van der Waals surface area contributed by atoms with Crippen molar-refractivity contribution >= 4 is 11.9 Å². The lowest BCUT2D eigenvalue weighted by Crippen LogP contribution is -1.97. The average molecular weight is 329 g/mol. The molecule has 0 aliphatic rings. The van der Waals surface area contributed by atoms with Gasteiger partial charge in [-0.15, -0.1) is 0 Å². The van der Waals surface area contributed by atoms with Gasteiger partial charge in [-0.3, -0.25) is 4.79 Å². The minimum absolute atomic E-state index is 0.0473. The van der Waals surface area contributed by atoms with Crippen molar-refractivity contribution in [1.29, 1.82) is 5.26 Å². The SMILES string of the molecule is COc1cc(/C=C/C(=O)c2ccc(F)c(F)c2)ccc1OCC#N. The van der Waals surface area contributed by atoms with Gasteiger partial charge in [-0.1, -0.05) is 12.1 Å². The van der Waals surface area contributed by atoms with Crippen LogP contribution in [0.15, 0.2) is 42.5 Å². The number of benzene rings is 2. The van der Waals surface area contributed by atoms with Gasteiger partial charge in [0.05, 0.1) is 7.11 Å². The third-order valence-corrected chi connectivity index (χ3v) is 3.11. The number of rotatable bonds is 6. The second-order valence-electron chi connectivity index (χ2n) is 4.68. The Morgan fingerprint density at radius 2 is 1.96 bits per heavy atom. The lowest BCUT2D eigenvalue weighted by atomic mass is 10.1. The molecule has 0 saturated carbocycles. The van der Waals surface area contributed by atoms with Crippen LogP contribution in [-0.4, -0.2) is 19.5 Å². The monoisotopic (exact) mass is 329 g/mol. The minimum atomic E-state index is -1.07. The summed E-state index contributed by atoms with van der Waals surface area (Å²) in [5, 5.41) is 8.52. The van der Waals surface area contributed by atoms with Crippen LogP contribution in [0, 0.1) is 23.0 Å². The van der Waals surface area contributed by atoms with E-state index in [0.29, 0.717) is 17.1 Å². The van der Waals surface area contributed by atoms with E-state index in [9.17, 15) is 13.6 Å². The summed E-state index contributed by atoms with van der Waals surface area (Å²) in [7, 11) is 1.45. The molecule has 0 saturated heterocycles. The lowest BCUT2D eigenvalue weighted by molar-refractivity contribution is 0.104. The van der Waals surface area contributed by atoms with Crippen molar-refractivity contribution in [2.24, 2.45) is 0 Å². The molecule has 0 aliphatic heterocycles. The van der Waals surface area contributed by atoms with Gasteiger partial charge in [0.15, 0.2) is 35.5 Å². The molecule has 0 N–H and O–H groups in total. The van der Waals surface area contributed by atoms with Crippen LogP contribution in [0.4, 0.5) is 8.78 Å². The van der Waals surface area contributed by atoms with Gasteiger partial charge in [0.25, 0.3) is 0 Å². The Balaban J connectivity index is 2.17. The molecule has 122 valence electrons. The number of allylic oxidation sites excluding steroid dienone is 1. The smallest absolute Gasteiger partial charge is 0.185 e. The Bertz CT molecular complexity index is 825. The molecule has 2 aromatic carbocycles. The summed E-state index contributed by atoms with van der Waals surface area (Å²) in [4.78, 5) is 12.0. The van der Waals surface area contributed by atoms with Crippen molar-refractivity contribution in [3.8, 4) is 17.6 Å². The Morgan fingerprint density at radius 1 is 1.17 bits per heavy atom. The number of ketones is 1. The van der Waals surface area contributed by atoms with E-state index in [1.54, 1.807) is 18.2 Å². The molecular formula is C18H13F2NO3. The zero-order chi connectivity index (χ0) is 17.5. The molecule has 0 heterocycles. The molecule has 0 aromatic heterocycles. The summed E-state index contributed by atoms with van der Waals surface area (Å²) in [6, 6.07) is 9.73. The van der Waals surface area contributed by atoms with Crippen LogP contribution in [0.3, 0.4) is 0 Å². The van der Waals surface area contributed by atoms with Crippen LogP contribution < -0.4 is 9.47 Å². The fourth-order valence-electron chi connectivity index (χ4n) is 1.93. The molecule has 0 radical (unpaired) electrons. The molecule has 4 nitrogen and oxygen atoms in total. The van der Waals surface area contributed by atoms with Gasteiger partial charge in [-0.2, -0.15) is 5.26 Å².